The predicted octanol–water partition coefficient (Wildman–Crippen LogP) is 3.47. The Morgan fingerprint density at radius 2 is 2.09 bits per heavy atom. The maximum Gasteiger partial charge on any atom is 0.174 e. The van der Waals surface area contributed by atoms with Gasteiger partial charge in [0.2, 0.25) is 0 Å². The topological polar surface area (TPSA) is 44.7 Å². The Morgan fingerprint density at radius 3 is 2.78 bits per heavy atom. The van der Waals surface area contributed by atoms with Crippen LogP contribution in [-0.2, 0) is 6.54 Å². The number of phenols is 1. The lowest BCUT2D eigenvalue weighted by Crippen LogP contribution is -2.39. The fourth-order valence-corrected chi connectivity index (χ4v) is 2.38. The Balaban J connectivity index is 2.32. The quantitative estimate of drug-likeness (QED) is 0.628. The third kappa shape index (κ3) is 4.47. The van der Waals surface area contributed by atoms with E-state index in [0.29, 0.717) is 18.2 Å². The largest absolute Gasteiger partial charge is 0.508 e. The highest BCUT2D eigenvalue weighted by atomic mass is 32.1. The number of ether oxygens (including phenoxy) is 1. The van der Waals surface area contributed by atoms with Gasteiger partial charge in [0.25, 0.3) is 0 Å². The molecule has 2 N–H and O–H groups in total. The van der Waals surface area contributed by atoms with E-state index >= 15 is 0 Å². The monoisotopic (exact) mass is 328 g/mol. The summed E-state index contributed by atoms with van der Waals surface area (Å²) in [6.45, 7) is 4.71. The van der Waals surface area contributed by atoms with Crippen LogP contribution in [0.3, 0.4) is 0 Å². The van der Waals surface area contributed by atoms with Crippen LogP contribution >= 0.6 is 12.2 Å². The fraction of sp³-hybridized carbons (Fsp3) is 0.167. The van der Waals surface area contributed by atoms with Gasteiger partial charge in [-0.3, -0.25) is 0 Å². The van der Waals surface area contributed by atoms with Crippen LogP contribution in [0.5, 0.6) is 11.5 Å². The number of phenolic OH excluding ortho intramolecular Hbond substituents is 1. The molecule has 0 bridgehead atoms. The molecule has 5 heteroatoms. The molecule has 2 aromatic rings. The minimum absolute atomic E-state index is 0.243. The van der Waals surface area contributed by atoms with Crippen molar-refractivity contribution in [3.05, 3.63) is 66.7 Å². The van der Waals surface area contributed by atoms with Gasteiger partial charge < -0.3 is 20.1 Å². The summed E-state index contributed by atoms with van der Waals surface area (Å²) < 4.78 is 5.28. The van der Waals surface area contributed by atoms with Crippen molar-refractivity contribution in [3.8, 4) is 11.5 Å². The Bertz CT molecular complexity index is 688. The minimum atomic E-state index is 0.243. The molecular formula is C18H20N2O2S. The average molecular weight is 328 g/mol. The zero-order chi connectivity index (χ0) is 16.7. The van der Waals surface area contributed by atoms with Gasteiger partial charge in [-0.1, -0.05) is 30.3 Å². The van der Waals surface area contributed by atoms with Crippen molar-refractivity contribution < 1.29 is 9.84 Å². The Morgan fingerprint density at radius 1 is 1.30 bits per heavy atom. The van der Waals surface area contributed by atoms with Gasteiger partial charge in [-0.15, -0.1) is 6.58 Å². The Labute approximate surface area is 142 Å². The van der Waals surface area contributed by atoms with Crippen molar-refractivity contribution in [2.45, 2.75) is 6.54 Å². The van der Waals surface area contributed by atoms with E-state index in [2.05, 4.69) is 11.9 Å². The van der Waals surface area contributed by atoms with Gasteiger partial charge in [-0.25, -0.2) is 0 Å². The first-order valence-electron chi connectivity index (χ1n) is 7.23. The molecule has 0 aliphatic heterocycles. The van der Waals surface area contributed by atoms with E-state index in [4.69, 9.17) is 17.0 Å². The van der Waals surface area contributed by atoms with Crippen LogP contribution in [0, 0.1) is 0 Å². The molecule has 23 heavy (non-hydrogen) atoms. The first-order chi connectivity index (χ1) is 11.2. The van der Waals surface area contributed by atoms with Gasteiger partial charge in [0.1, 0.15) is 11.5 Å². The molecular weight excluding hydrogens is 308 g/mol. The highest BCUT2D eigenvalue weighted by molar-refractivity contribution is 7.80. The SMILES string of the molecule is C=CCNC(=S)N(Cc1ccccc1O)c1cccc(OC)c1. The van der Waals surface area contributed by atoms with Gasteiger partial charge in [0.05, 0.1) is 13.7 Å². The van der Waals surface area contributed by atoms with Crippen molar-refractivity contribution in [1.29, 1.82) is 0 Å². The molecule has 0 spiro atoms. The lowest BCUT2D eigenvalue weighted by Gasteiger charge is -2.26. The molecule has 0 radical (unpaired) electrons. The second-order valence-corrected chi connectivity index (χ2v) is 5.28. The number of nitrogens with one attached hydrogen (secondary N) is 1. The van der Waals surface area contributed by atoms with Gasteiger partial charge in [0.15, 0.2) is 5.11 Å². The van der Waals surface area contributed by atoms with E-state index in [0.717, 1.165) is 17.0 Å². The van der Waals surface area contributed by atoms with Crippen LogP contribution in [0.4, 0.5) is 5.69 Å². The Hall–Kier alpha value is -2.53. The number of hydrogen-bond donors (Lipinski definition) is 2. The summed E-state index contributed by atoms with van der Waals surface area (Å²) in [4.78, 5) is 1.91. The number of rotatable bonds is 6. The van der Waals surface area contributed by atoms with Gasteiger partial charge in [-0.05, 0) is 30.4 Å². The number of hydrogen-bond acceptors (Lipinski definition) is 3. The second-order valence-electron chi connectivity index (χ2n) is 4.89. The van der Waals surface area contributed by atoms with Crippen molar-refractivity contribution in [3.63, 3.8) is 0 Å². The predicted molar refractivity (Wildman–Crippen MR) is 98.1 cm³/mol. The maximum absolute atomic E-state index is 10.0. The number of thiocarbonyl (C=S) groups is 1. The van der Waals surface area contributed by atoms with Crippen LogP contribution in [0.15, 0.2) is 61.2 Å². The normalized spacial score (nSPS) is 9.96. The molecule has 0 aliphatic rings. The number of anilines is 1. The summed E-state index contributed by atoms with van der Waals surface area (Å²) in [5, 5.41) is 13.7. The van der Waals surface area contributed by atoms with Gasteiger partial charge >= 0.3 is 0 Å². The van der Waals surface area contributed by atoms with Crippen molar-refractivity contribution in [2.24, 2.45) is 0 Å². The summed E-state index contributed by atoms with van der Waals surface area (Å²) in [6, 6.07) is 14.9. The zero-order valence-electron chi connectivity index (χ0n) is 13.0. The second kappa shape index (κ2) is 8.19. The van der Waals surface area contributed by atoms with Crippen LogP contribution in [0.2, 0.25) is 0 Å². The number of aromatic hydroxyl groups is 1. The molecule has 4 nitrogen and oxygen atoms in total. The number of methoxy groups -OCH3 is 1. The molecule has 0 aliphatic carbocycles. The van der Waals surface area contributed by atoms with E-state index in [1.165, 1.54) is 0 Å². The molecule has 2 rings (SSSR count). The minimum Gasteiger partial charge on any atom is -0.508 e. The molecule has 0 fully saturated rings. The molecule has 120 valence electrons. The number of nitrogens with zero attached hydrogens (tertiary/aromatic N) is 1. The third-order valence-electron chi connectivity index (χ3n) is 3.33. The van der Waals surface area contributed by atoms with E-state index in [1.54, 1.807) is 25.3 Å². The van der Waals surface area contributed by atoms with E-state index in [1.807, 2.05) is 41.3 Å². The van der Waals surface area contributed by atoms with Crippen molar-refractivity contribution >= 4 is 23.0 Å². The zero-order valence-corrected chi connectivity index (χ0v) is 13.8. The molecule has 0 aromatic heterocycles. The molecule has 0 amide bonds. The fourth-order valence-electron chi connectivity index (χ4n) is 2.13. The van der Waals surface area contributed by atoms with Crippen molar-refractivity contribution in [2.75, 3.05) is 18.6 Å². The first-order valence-corrected chi connectivity index (χ1v) is 7.63. The summed E-state index contributed by atoms with van der Waals surface area (Å²) in [7, 11) is 1.63. The summed E-state index contributed by atoms with van der Waals surface area (Å²) in [5.74, 6) is 0.989. The van der Waals surface area contributed by atoms with Crippen molar-refractivity contribution in [1.82, 2.24) is 5.32 Å². The Kier molecular flexibility index (Phi) is 6.00. The lowest BCUT2D eigenvalue weighted by molar-refractivity contribution is 0.415. The smallest absolute Gasteiger partial charge is 0.174 e. The average Bonchev–Trinajstić information content (AvgIpc) is 2.59. The molecule has 0 saturated carbocycles. The van der Waals surface area contributed by atoms with Crippen LogP contribution < -0.4 is 15.0 Å². The summed E-state index contributed by atoms with van der Waals surface area (Å²) in [6.07, 6.45) is 1.75. The van der Waals surface area contributed by atoms with Crippen LogP contribution in [0.25, 0.3) is 0 Å². The maximum atomic E-state index is 10.0. The standard InChI is InChI=1S/C18H20N2O2S/c1-3-11-19-18(23)20(13-14-7-4-5-10-17(14)21)15-8-6-9-16(12-15)22-2/h3-10,12,21H,1,11,13H2,2H3,(H,19,23). The van der Waals surface area contributed by atoms with Gasteiger partial charge in [0, 0.05) is 23.9 Å². The van der Waals surface area contributed by atoms with Crippen LogP contribution in [0.1, 0.15) is 5.56 Å². The molecule has 0 heterocycles. The van der Waals surface area contributed by atoms with Crippen LogP contribution in [-0.4, -0.2) is 23.9 Å². The van der Waals surface area contributed by atoms with E-state index in [9.17, 15) is 5.11 Å². The van der Waals surface area contributed by atoms with E-state index in [-0.39, 0.29) is 5.75 Å². The highest BCUT2D eigenvalue weighted by Crippen LogP contribution is 2.25. The lowest BCUT2D eigenvalue weighted by atomic mass is 10.1. The first kappa shape index (κ1) is 16.8. The van der Waals surface area contributed by atoms with Gasteiger partial charge in [-0.2, -0.15) is 0 Å². The summed E-state index contributed by atoms with van der Waals surface area (Å²) in [5.41, 5.74) is 1.67. The molecule has 2 aromatic carbocycles. The number of para-hydroxylation sites is 1. The third-order valence-corrected chi connectivity index (χ3v) is 3.69. The molecule has 0 atom stereocenters. The van der Waals surface area contributed by atoms with E-state index < -0.39 is 0 Å². The number of benzene rings is 2. The molecule has 0 unspecified atom stereocenters. The summed E-state index contributed by atoms with van der Waals surface area (Å²) >= 11 is 5.49. The highest BCUT2D eigenvalue weighted by Gasteiger charge is 2.15. The molecule has 0 saturated heterocycles.